The van der Waals surface area contributed by atoms with Crippen LogP contribution >= 0.6 is 0 Å². The first-order chi connectivity index (χ1) is 23.3. The Labute approximate surface area is 277 Å². The van der Waals surface area contributed by atoms with Gasteiger partial charge in [-0.3, -0.25) is 4.79 Å². The number of carbonyl (C=O) groups is 1. The van der Waals surface area contributed by atoms with Crippen LogP contribution in [0.2, 0.25) is 0 Å². The lowest BCUT2D eigenvalue weighted by Gasteiger charge is -2.27. The molecule has 6 aromatic rings. The zero-order valence-electron chi connectivity index (χ0n) is 27.3. The topological polar surface area (TPSA) is 141 Å². The van der Waals surface area contributed by atoms with Crippen molar-refractivity contribution >= 4 is 50.5 Å². The molecular weight excluding hydrogens is 606 g/mol. The van der Waals surface area contributed by atoms with Crippen LogP contribution in [0.5, 0.6) is 5.75 Å². The molecule has 3 aliphatic rings. The Morgan fingerprint density at radius 1 is 1.00 bits per heavy atom. The van der Waals surface area contributed by atoms with Gasteiger partial charge in [-0.1, -0.05) is 0 Å². The second-order valence-corrected chi connectivity index (χ2v) is 13.7. The lowest BCUT2D eigenvalue weighted by atomic mass is 10.1. The summed E-state index contributed by atoms with van der Waals surface area (Å²) in [5.74, 6) is 3.74. The molecule has 2 bridgehead atoms. The van der Waals surface area contributed by atoms with Gasteiger partial charge in [0.25, 0.3) is 5.91 Å². The smallest absolute Gasteiger partial charge is 0.254 e. The van der Waals surface area contributed by atoms with Crippen LogP contribution in [0.3, 0.4) is 0 Å². The van der Waals surface area contributed by atoms with Crippen molar-refractivity contribution in [3.05, 3.63) is 59.9 Å². The molecule has 2 aromatic carbocycles. The van der Waals surface area contributed by atoms with E-state index in [0.29, 0.717) is 35.5 Å². The van der Waals surface area contributed by atoms with Crippen molar-refractivity contribution in [2.75, 3.05) is 19.0 Å². The van der Waals surface area contributed by atoms with E-state index in [4.69, 9.17) is 20.4 Å². The number of imidazole rings is 2. The molecule has 48 heavy (non-hydrogen) atoms. The third-order valence-electron chi connectivity index (χ3n) is 10.8. The highest BCUT2D eigenvalue weighted by molar-refractivity contribution is 6.00. The van der Waals surface area contributed by atoms with Gasteiger partial charge in [0.2, 0.25) is 0 Å². The van der Waals surface area contributed by atoms with Crippen LogP contribution in [0.25, 0.3) is 44.6 Å². The monoisotopic (exact) mass is 645 g/mol. The number of amides is 1. The van der Waals surface area contributed by atoms with Gasteiger partial charge in [-0.15, -0.1) is 0 Å². The molecule has 2 unspecified atom stereocenters. The summed E-state index contributed by atoms with van der Waals surface area (Å²) in [4.78, 5) is 30.5. The zero-order valence-corrected chi connectivity index (χ0v) is 27.3. The van der Waals surface area contributed by atoms with Crippen LogP contribution < -0.4 is 15.8 Å². The van der Waals surface area contributed by atoms with Crippen molar-refractivity contribution in [3.8, 4) is 17.3 Å². The molecule has 9 rings (SSSR count). The minimum atomic E-state index is -0.112. The summed E-state index contributed by atoms with van der Waals surface area (Å²) in [5.41, 5.74) is 13.1. The molecule has 3 fully saturated rings. The minimum Gasteiger partial charge on any atom is -0.494 e. The SMILES string of the molecule is COc1cc(C(=O)N2CC3CCC2[C@@H]3N)cc2nc(-c3cc4ccc(Nc5ccc6c(c5)nc(CO)n6C)nc4n3CC3CC3)n(C)c12. The summed E-state index contributed by atoms with van der Waals surface area (Å²) in [6.45, 7) is 1.45. The number of fused-ring (bicyclic) bond motifs is 5. The second kappa shape index (κ2) is 10.8. The van der Waals surface area contributed by atoms with Gasteiger partial charge in [-0.05, 0) is 86.1 Å². The fourth-order valence-corrected chi connectivity index (χ4v) is 8.01. The van der Waals surface area contributed by atoms with Crippen LogP contribution in [0.1, 0.15) is 41.9 Å². The van der Waals surface area contributed by atoms with Gasteiger partial charge in [0.1, 0.15) is 35.2 Å². The van der Waals surface area contributed by atoms with E-state index in [9.17, 15) is 9.90 Å². The number of pyridine rings is 1. The van der Waals surface area contributed by atoms with E-state index in [1.165, 1.54) is 12.8 Å². The number of nitrogens with two attached hydrogens (primary N) is 1. The third kappa shape index (κ3) is 4.50. The molecule has 0 radical (unpaired) electrons. The number of ether oxygens (including phenoxy) is 1. The Bertz CT molecular complexity index is 2260. The molecule has 1 saturated heterocycles. The number of methoxy groups -OCH3 is 1. The number of piperidine rings is 1. The molecule has 246 valence electrons. The highest BCUT2D eigenvalue weighted by Gasteiger charge is 2.47. The second-order valence-electron chi connectivity index (χ2n) is 13.7. The van der Waals surface area contributed by atoms with Crippen molar-refractivity contribution in [1.82, 2.24) is 33.6 Å². The highest BCUT2D eigenvalue weighted by atomic mass is 16.5. The number of likely N-dealkylation sites (tertiary alicyclic amines) is 1. The Hall–Kier alpha value is -4.94. The molecule has 4 aromatic heterocycles. The predicted molar refractivity (Wildman–Crippen MR) is 184 cm³/mol. The van der Waals surface area contributed by atoms with Crippen LogP contribution in [-0.2, 0) is 27.2 Å². The number of hydrogen-bond donors (Lipinski definition) is 3. The minimum absolute atomic E-state index is 0.00633. The summed E-state index contributed by atoms with van der Waals surface area (Å²) in [5, 5.41) is 14.1. The van der Waals surface area contributed by atoms with Gasteiger partial charge in [0.05, 0.1) is 29.4 Å². The molecule has 12 heteroatoms. The number of aryl methyl sites for hydroxylation is 2. The summed E-state index contributed by atoms with van der Waals surface area (Å²) >= 11 is 0. The highest BCUT2D eigenvalue weighted by Crippen LogP contribution is 2.40. The summed E-state index contributed by atoms with van der Waals surface area (Å²) < 4.78 is 12.1. The van der Waals surface area contributed by atoms with Crippen molar-refractivity contribution in [3.63, 3.8) is 0 Å². The molecule has 2 saturated carbocycles. The lowest BCUT2D eigenvalue weighted by Crippen LogP contribution is -2.41. The Balaban J connectivity index is 1.10. The van der Waals surface area contributed by atoms with E-state index in [-0.39, 0.29) is 24.6 Å². The number of carbonyl (C=O) groups excluding carboxylic acids is 1. The van der Waals surface area contributed by atoms with Gasteiger partial charge in [0.15, 0.2) is 5.82 Å². The molecule has 3 atom stereocenters. The first kappa shape index (κ1) is 29.2. The van der Waals surface area contributed by atoms with Gasteiger partial charge in [-0.2, -0.15) is 0 Å². The van der Waals surface area contributed by atoms with Crippen molar-refractivity contribution in [1.29, 1.82) is 0 Å². The van der Waals surface area contributed by atoms with Crippen LogP contribution in [0, 0.1) is 11.8 Å². The van der Waals surface area contributed by atoms with Gasteiger partial charge in [-0.25, -0.2) is 15.0 Å². The first-order valence-electron chi connectivity index (χ1n) is 16.8. The number of aliphatic hydroxyl groups excluding tert-OH is 1. The molecule has 4 N–H and O–H groups in total. The fourth-order valence-electron chi connectivity index (χ4n) is 8.01. The van der Waals surface area contributed by atoms with Crippen molar-refractivity contribution in [2.45, 2.75) is 50.9 Å². The summed E-state index contributed by atoms with van der Waals surface area (Å²) in [6, 6.07) is 16.1. The number of benzene rings is 2. The lowest BCUT2D eigenvalue weighted by molar-refractivity contribution is 0.0700. The quantitative estimate of drug-likeness (QED) is 0.217. The van der Waals surface area contributed by atoms with Crippen LogP contribution in [-0.4, -0.2) is 70.3 Å². The average Bonchev–Trinajstić information content (AvgIpc) is 3.29. The molecule has 12 nitrogen and oxygen atoms in total. The van der Waals surface area contributed by atoms with E-state index in [1.807, 2.05) is 60.0 Å². The van der Waals surface area contributed by atoms with E-state index in [1.54, 1.807) is 7.11 Å². The third-order valence-corrected chi connectivity index (χ3v) is 10.8. The van der Waals surface area contributed by atoms with Crippen molar-refractivity contribution < 1.29 is 14.6 Å². The standard InChI is InChI=1S/C36H39N9O3/c1-42-26-10-8-23(15-24(26)39-31(42)18-46)38-30-11-7-20-13-28(44(34(20)41-30)16-19-4-5-19)35-40-25-12-22(14-29(48-3)33(25)43(35)2)36(47)45-17-21-6-9-27(45)32(21)37/h7-8,10-15,19,21,27,32,46H,4-6,9,16-18,37H2,1-3H3,(H,38,41)/t21?,27?,32-/m1/s1. The zero-order chi connectivity index (χ0) is 32.8. The van der Waals surface area contributed by atoms with Crippen molar-refractivity contribution in [2.24, 2.45) is 31.7 Å². The normalized spacial score (nSPS) is 20.5. The Morgan fingerprint density at radius 2 is 1.85 bits per heavy atom. The number of aliphatic hydroxyl groups is 1. The molecule has 1 aliphatic heterocycles. The number of hydrogen-bond acceptors (Lipinski definition) is 8. The first-order valence-corrected chi connectivity index (χ1v) is 16.8. The van der Waals surface area contributed by atoms with Gasteiger partial charge >= 0.3 is 0 Å². The molecule has 0 spiro atoms. The Morgan fingerprint density at radius 3 is 2.58 bits per heavy atom. The summed E-state index contributed by atoms with van der Waals surface area (Å²) in [6.07, 6.45) is 4.45. The largest absolute Gasteiger partial charge is 0.494 e. The number of aromatic nitrogens is 6. The van der Waals surface area contributed by atoms with Gasteiger partial charge in [0, 0.05) is 55.9 Å². The van der Waals surface area contributed by atoms with E-state index in [0.717, 1.165) is 75.5 Å². The fraction of sp³-hybridized carbons (Fsp3) is 0.389. The molecular formula is C36H39N9O3. The molecule has 2 aliphatic carbocycles. The predicted octanol–water partition coefficient (Wildman–Crippen LogP) is 4.69. The number of nitrogens with one attached hydrogen (secondary N) is 1. The van der Waals surface area contributed by atoms with Crippen LogP contribution in [0.15, 0.2) is 48.5 Å². The van der Waals surface area contributed by atoms with E-state index < -0.39 is 0 Å². The molecule has 1 amide bonds. The number of nitrogens with zero attached hydrogens (tertiary/aromatic N) is 7. The number of rotatable bonds is 8. The van der Waals surface area contributed by atoms with Crippen LogP contribution in [0.4, 0.5) is 11.5 Å². The molecule has 5 heterocycles. The maximum atomic E-state index is 13.8. The summed E-state index contributed by atoms with van der Waals surface area (Å²) in [7, 11) is 5.55. The average molecular weight is 646 g/mol. The maximum absolute atomic E-state index is 13.8. The Kier molecular flexibility index (Phi) is 6.57. The van der Waals surface area contributed by atoms with E-state index >= 15 is 0 Å². The number of anilines is 2. The van der Waals surface area contributed by atoms with E-state index in [2.05, 4.69) is 31.6 Å². The van der Waals surface area contributed by atoms with Gasteiger partial charge < -0.3 is 39.5 Å². The maximum Gasteiger partial charge on any atom is 0.254 e.